The van der Waals surface area contributed by atoms with Crippen LogP contribution >= 0.6 is 38.9 Å². The molecule has 0 bridgehead atoms. The zero-order valence-electron chi connectivity index (χ0n) is 11.5. The van der Waals surface area contributed by atoms with Gasteiger partial charge in [0.1, 0.15) is 5.82 Å². The minimum absolute atomic E-state index is 0.178. The Bertz CT molecular complexity index is 905. The highest BCUT2D eigenvalue weighted by molar-refractivity contribution is 9.10. The lowest BCUT2D eigenvalue weighted by Gasteiger charge is -1.99. The number of thiazole rings is 1. The molecule has 1 heterocycles. The molecule has 0 saturated carbocycles. The number of nitrogens with one attached hydrogen (secondary N) is 1. The van der Waals surface area contributed by atoms with Crippen molar-refractivity contribution in [2.24, 2.45) is 0 Å². The molecule has 0 fully saturated rings. The lowest BCUT2D eigenvalue weighted by Crippen LogP contribution is -2.07. The minimum atomic E-state index is -0.480. The molecule has 0 aliphatic rings. The van der Waals surface area contributed by atoms with Crippen molar-refractivity contribution in [3.63, 3.8) is 0 Å². The van der Waals surface area contributed by atoms with E-state index in [0.29, 0.717) is 5.13 Å². The first kappa shape index (κ1) is 16.1. The molecule has 0 unspecified atom stereocenters. The number of amides is 1. The Morgan fingerprint density at radius 3 is 2.96 bits per heavy atom. The molecule has 7 heteroatoms. The second-order valence-corrected chi connectivity index (χ2v) is 6.94. The quantitative estimate of drug-likeness (QED) is 0.578. The molecule has 116 valence electrons. The molecular weight excluding hydrogens is 403 g/mol. The molecule has 1 N–H and O–H groups in total. The third-order valence-electron chi connectivity index (χ3n) is 2.98. The van der Waals surface area contributed by atoms with Gasteiger partial charge in [-0.25, -0.2) is 9.37 Å². The molecule has 3 rings (SSSR count). The molecule has 0 saturated heterocycles. The Kier molecular flexibility index (Phi) is 4.75. The maximum Gasteiger partial charge on any atom is 0.250 e. The molecule has 0 aliphatic heterocycles. The van der Waals surface area contributed by atoms with E-state index in [2.05, 4.69) is 26.2 Å². The van der Waals surface area contributed by atoms with Gasteiger partial charge < -0.3 is 0 Å². The fraction of sp³-hybridized carbons (Fsp3) is 0. The van der Waals surface area contributed by atoms with Crippen LogP contribution in [0, 0.1) is 5.82 Å². The summed E-state index contributed by atoms with van der Waals surface area (Å²) in [5.41, 5.74) is 0.979. The maximum atomic E-state index is 13.6. The van der Waals surface area contributed by atoms with Gasteiger partial charge >= 0.3 is 0 Å². The number of aromatic nitrogens is 1. The van der Waals surface area contributed by atoms with Gasteiger partial charge in [-0.1, -0.05) is 44.9 Å². The van der Waals surface area contributed by atoms with Gasteiger partial charge in [0, 0.05) is 16.1 Å². The van der Waals surface area contributed by atoms with Crippen LogP contribution < -0.4 is 5.32 Å². The molecule has 3 aromatic rings. The first-order valence-corrected chi connectivity index (χ1v) is 8.51. The van der Waals surface area contributed by atoms with Crippen molar-refractivity contribution in [1.29, 1.82) is 0 Å². The van der Waals surface area contributed by atoms with Gasteiger partial charge in [-0.3, -0.25) is 10.1 Å². The Morgan fingerprint density at radius 1 is 1.35 bits per heavy atom. The summed E-state index contributed by atoms with van der Waals surface area (Å²) in [6, 6.07) is 10.0. The number of halogens is 3. The van der Waals surface area contributed by atoms with E-state index < -0.39 is 11.7 Å². The summed E-state index contributed by atoms with van der Waals surface area (Å²) in [5, 5.41) is 3.39. The molecule has 23 heavy (non-hydrogen) atoms. The summed E-state index contributed by atoms with van der Waals surface area (Å²) in [5.74, 6) is -0.881. The highest BCUT2D eigenvalue weighted by atomic mass is 79.9. The largest absolute Gasteiger partial charge is 0.298 e. The molecular formula is C16H9BrClFN2OS. The summed E-state index contributed by atoms with van der Waals surface area (Å²) < 4.78 is 15.5. The smallest absolute Gasteiger partial charge is 0.250 e. The van der Waals surface area contributed by atoms with Gasteiger partial charge in [-0.15, -0.1) is 0 Å². The minimum Gasteiger partial charge on any atom is -0.298 e. The van der Waals surface area contributed by atoms with Crippen LogP contribution in [0.3, 0.4) is 0 Å². The van der Waals surface area contributed by atoms with Crippen molar-refractivity contribution in [2.75, 3.05) is 5.32 Å². The number of rotatable bonds is 3. The summed E-state index contributed by atoms with van der Waals surface area (Å²) in [7, 11) is 0. The standard InChI is InChI=1S/C16H9BrClFN2OS/c17-9-4-6-13-14(8-9)23-16(20-13)21-15(22)7-5-10-11(18)2-1-3-12(10)19/h1-8H,(H,20,21,22)/b7-5+. The fourth-order valence-corrected chi connectivity index (χ4v) is 3.57. The monoisotopic (exact) mass is 410 g/mol. The number of benzene rings is 2. The van der Waals surface area contributed by atoms with Gasteiger partial charge in [0.15, 0.2) is 5.13 Å². The molecule has 1 amide bonds. The van der Waals surface area contributed by atoms with Crippen LogP contribution in [-0.4, -0.2) is 10.9 Å². The highest BCUT2D eigenvalue weighted by Gasteiger charge is 2.07. The lowest BCUT2D eigenvalue weighted by atomic mass is 10.2. The van der Waals surface area contributed by atoms with Gasteiger partial charge in [-0.2, -0.15) is 0 Å². The van der Waals surface area contributed by atoms with Crippen LogP contribution in [0.25, 0.3) is 16.3 Å². The van der Waals surface area contributed by atoms with Crippen LogP contribution in [-0.2, 0) is 4.79 Å². The summed E-state index contributed by atoms with van der Waals surface area (Å²) >= 11 is 10.7. The number of carbonyl (C=O) groups excluding carboxylic acids is 1. The maximum absolute atomic E-state index is 13.6. The van der Waals surface area contributed by atoms with E-state index in [-0.39, 0.29) is 10.6 Å². The van der Waals surface area contributed by atoms with Crippen molar-refractivity contribution >= 4 is 66.2 Å². The van der Waals surface area contributed by atoms with Crippen LogP contribution in [0.2, 0.25) is 5.02 Å². The third kappa shape index (κ3) is 3.77. The second kappa shape index (κ2) is 6.78. The molecule has 0 spiro atoms. The van der Waals surface area contributed by atoms with Crippen LogP contribution in [0.4, 0.5) is 9.52 Å². The number of fused-ring (bicyclic) bond motifs is 1. The topological polar surface area (TPSA) is 42.0 Å². The van der Waals surface area contributed by atoms with Crippen molar-refractivity contribution < 1.29 is 9.18 Å². The Labute approximate surface area is 148 Å². The predicted molar refractivity (Wildman–Crippen MR) is 96.4 cm³/mol. The summed E-state index contributed by atoms with van der Waals surface area (Å²) in [6.45, 7) is 0. The first-order valence-electron chi connectivity index (χ1n) is 6.52. The molecule has 0 atom stereocenters. The Morgan fingerprint density at radius 2 is 2.17 bits per heavy atom. The Balaban J connectivity index is 1.77. The normalized spacial score (nSPS) is 11.3. The van der Waals surface area contributed by atoms with Gasteiger partial charge in [-0.05, 0) is 36.4 Å². The van der Waals surface area contributed by atoms with E-state index in [1.807, 2.05) is 18.2 Å². The summed E-state index contributed by atoms with van der Waals surface area (Å²) in [6.07, 6.45) is 2.57. The SMILES string of the molecule is O=C(/C=C/c1c(F)cccc1Cl)Nc1nc2ccc(Br)cc2s1. The van der Waals surface area contributed by atoms with E-state index in [4.69, 9.17) is 11.6 Å². The molecule has 3 nitrogen and oxygen atoms in total. The van der Waals surface area contributed by atoms with Crippen molar-refractivity contribution in [2.45, 2.75) is 0 Å². The number of hydrogen-bond acceptors (Lipinski definition) is 3. The average Bonchev–Trinajstić information content (AvgIpc) is 2.88. The van der Waals surface area contributed by atoms with Crippen molar-refractivity contribution in [3.05, 3.63) is 63.4 Å². The van der Waals surface area contributed by atoms with Crippen LogP contribution in [0.15, 0.2) is 46.9 Å². The van der Waals surface area contributed by atoms with E-state index in [0.717, 1.165) is 14.7 Å². The van der Waals surface area contributed by atoms with Crippen molar-refractivity contribution in [1.82, 2.24) is 4.98 Å². The first-order chi connectivity index (χ1) is 11.0. The molecule has 1 aromatic heterocycles. The lowest BCUT2D eigenvalue weighted by molar-refractivity contribution is -0.111. The molecule has 0 aliphatic carbocycles. The third-order valence-corrected chi connectivity index (χ3v) is 4.74. The molecule has 2 aromatic carbocycles. The van der Waals surface area contributed by atoms with Gasteiger partial charge in [0.2, 0.25) is 5.91 Å². The van der Waals surface area contributed by atoms with E-state index in [9.17, 15) is 9.18 Å². The van der Waals surface area contributed by atoms with E-state index in [1.165, 1.54) is 35.6 Å². The number of nitrogens with zero attached hydrogens (tertiary/aromatic N) is 1. The Hall–Kier alpha value is -1.76. The zero-order chi connectivity index (χ0) is 16.4. The van der Waals surface area contributed by atoms with Crippen LogP contribution in [0.5, 0.6) is 0 Å². The van der Waals surface area contributed by atoms with Crippen molar-refractivity contribution in [3.8, 4) is 0 Å². The second-order valence-electron chi connectivity index (χ2n) is 4.59. The average molecular weight is 412 g/mol. The fourth-order valence-electron chi connectivity index (χ4n) is 1.93. The van der Waals surface area contributed by atoms with Crippen LogP contribution in [0.1, 0.15) is 5.56 Å². The van der Waals surface area contributed by atoms with E-state index >= 15 is 0 Å². The number of hydrogen-bond donors (Lipinski definition) is 1. The van der Waals surface area contributed by atoms with Gasteiger partial charge in [0.25, 0.3) is 0 Å². The van der Waals surface area contributed by atoms with Gasteiger partial charge in [0.05, 0.1) is 15.2 Å². The number of carbonyl (C=O) groups is 1. The predicted octanol–water partition coefficient (Wildman–Crippen LogP) is 5.50. The van der Waals surface area contributed by atoms with E-state index in [1.54, 1.807) is 6.07 Å². The highest BCUT2D eigenvalue weighted by Crippen LogP contribution is 2.28. The zero-order valence-corrected chi connectivity index (χ0v) is 14.7. The number of anilines is 1. The summed E-state index contributed by atoms with van der Waals surface area (Å²) in [4.78, 5) is 16.3. The molecule has 0 radical (unpaired) electrons.